The summed E-state index contributed by atoms with van der Waals surface area (Å²) in [5.41, 5.74) is 1.50. The molecule has 3 aromatic carbocycles. The summed E-state index contributed by atoms with van der Waals surface area (Å²) >= 11 is 6.32. The third kappa shape index (κ3) is 3.12. The highest BCUT2D eigenvalue weighted by Crippen LogP contribution is 2.42. The van der Waals surface area contributed by atoms with Crippen LogP contribution in [-0.4, -0.2) is 21.4 Å². The molecule has 0 bridgehead atoms. The van der Waals surface area contributed by atoms with Crippen LogP contribution in [0, 0.1) is 0 Å². The number of hydrogen-bond donors (Lipinski definition) is 1. The van der Waals surface area contributed by atoms with Crippen molar-refractivity contribution >= 4 is 38.3 Å². The topological polar surface area (TPSA) is 72.5 Å². The molecule has 4 rings (SSSR count). The third-order valence-corrected chi connectivity index (χ3v) is 6.84. The molecule has 144 valence electrons. The number of ether oxygens (including phenoxy) is 1. The number of sulfonamides is 1. The molecule has 3 aromatic rings. The number of fused-ring (bicyclic) bond motifs is 2. The van der Waals surface area contributed by atoms with Crippen LogP contribution in [0.2, 0.25) is 5.02 Å². The van der Waals surface area contributed by atoms with Crippen LogP contribution in [0.15, 0.2) is 59.5 Å². The van der Waals surface area contributed by atoms with Gasteiger partial charge in [0.1, 0.15) is 5.75 Å². The summed E-state index contributed by atoms with van der Waals surface area (Å²) in [6, 6.07) is 15.6. The molecule has 0 saturated heterocycles. The van der Waals surface area contributed by atoms with Gasteiger partial charge in [-0.15, -0.1) is 0 Å². The number of methoxy groups -OCH3 is 1. The summed E-state index contributed by atoms with van der Waals surface area (Å²) in [6.07, 6.45) is 1.08. The van der Waals surface area contributed by atoms with Crippen molar-refractivity contribution in [3.05, 3.63) is 70.7 Å². The number of benzene rings is 3. The third-order valence-electron chi connectivity index (χ3n) is 5.10. The summed E-state index contributed by atoms with van der Waals surface area (Å²) in [6.45, 7) is 0. The number of amides is 1. The molecule has 1 aliphatic carbocycles. The zero-order valence-corrected chi connectivity index (χ0v) is 16.7. The summed E-state index contributed by atoms with van der Waals surface area (Å²) in [5.74, 6) is -0.559. The molecule has 0 fully saturated rings. The predicted molar refractivity (Wildman–Crippen MR) is 108 cm³/mol. The van der Waals surface area contributed by atoms with Crippen molar-refractivity contribution in [1.29, 1.82) is 0 Å². The maximum Gasteiger partial charge on any atom is 0.264 e. The van der Waals surface area contributed by atoms with E-state index in [-0.39, 0.29) is 4.90 Å². The van der Waals surface area contributed by atoms with Crippen LogP contribution in [0.25, 0.3) is 10.8 Å². The highest BCUT2D eigenvalue weighted by Gasteiger charge is 2.35. The van der Waals surface area contributed by atoms with Crippen molar-refractivity contribution in [2.45, 2.75) is 23.7 Å². The van der Waals surface area contributed by atoms with Gasteiger partial charge in [-0.25, -0.2) is 13.1 Å². The summed E-state index contributed by atoms with van der Waals surface area (Å²) in [4.78, 5) is 13.0. The van der Waals surface area contributed by atoms with Gasteiger partial charge in [-0.05, 0) is 47.6 Å². The fourth-order valence-corrected chi connectivity index (χ4v) is 5.38. The summed E-state index contributed by atoms with van der Waals surface area (Å²) in [5, 5.41) is 1.80. The first-order valence-electron chi connectivity index (χ1n) is 8.82. The smallest absolute Gasteiger partial charge is 0.264 e. The van der Waals surface area contributed by atoms with Crippen LogP contribution < -0.4 is 9.46 Å². The second-order valence-corrected chi connectivity index (χ2v) is 8.74. The van der Waals surface area contributed by atoms with Crippen molar-refractivity contribution in [3.63, 3.8) is 0 Å². The SMILES string of the molecule is COc1ccc(Cl)c2c1CC[C@@H]2C(=O)NS(=O)(=O)c1cccc2ccccc12. The number of nitrogens with one attached hydrogen (secondary N) is 1. The van der Waals surface area contributed by atoms with Crippen molar-refractivity contribution in [2.24, 2.45) is 0 Å². The normalized spacial score (nSPS) is 16.0. The Labute approximate surface area is 168 Å². The Balaban J connectivity index is 1.69. The van der Waals surface area contributed by atoms with Crippen LogP contribution in [0.4, 0.5) is 0 Å². The van der Waals surface area contributed by atoms with E-state index in [1.54, 1.807) is 37.4 Å². The van der Waals surface area contributed by atoms with E-state index < -0.39 is 21.8 Å². The molecule has 0 unspecified atom stereocenters. The lowest BCUT2D eigenvalue weighted by atomic mass is 10.0. The van der Waals surface area contributed by atoms with Gasteiger partial charge < -0.3 is 4.74 Å². The standard InChI is InChI=1S/C21H18ClNO4S/c1-27-18-12-11-17(22)20-15(18)9-10-16(20)21(24)23-28(25,26)19-8-4-6-13-5-2-3-7-14(13)19/h2-8,11-12,16H,9-10H2,1H3,(H,23,24)/t16-/m0/s1. The van der Waals surface area contributed by atoms with Crippen molar-refractivity contribution in [3.8, 4) is 5.75 Å². The lowest BCUT2D eigenvalue weighted by molar-refractivity contribution is -0.120. The average molecular weight is 416 g/mol. The largest absolute Gasteiger partial charge is 0.496 e. The van der Waals surface area contributed by atoms with Crippen molar-refractivity contribution in [1.82, 2.24) is 4.72 Å². The fraction of sp³-hybridized carbons (Fsp3) is 0.190. The molecular weight excluding hydrogens is 398 g/mol. The van der Waals surface area contributed by atoms with Gasteiger partial charge in [0.05, 0.1) is 17.9 Å². The number of carbonyl (C=O) groups excluding carboxylic acids is 1. The number of carbonyl (C=O) groups is 1. The molecule has 0 radical (unpaired) electrons. The van der Waals surface area contributed by atoms with E-state index in [9.17, 15) is 13.2 Å². The van der Waals surface area contributed by atoms with Crippen LogP contribution in [-0.2, 0) is 21.2 Å². The summed E-state index contributed by atoms with van der Waals surface area (Å²) < 4.78 is 33.5. The van der Waals surface area contributed by atoms with Crippen LogP contribution in [0.5, 0.6) is 5.75 Å². The minimum absolute atomic E-state index is 0.0777. The Bertz CT molecular complexity index is 1180. The first-order chi connectivity index (χ1) is 13.4. The fourth-order valence-electron chi connectivity index (χ4n) is 3.83. The highest BCUT2D eigenvalue weighted by atomic mass is 35.5. The number of halogens is 1. The monoisotopic (exact) mass is 415 g/mol. The molecular formula is C21H18ClNO4S. The zero-order chi connectivity index (χ0) is 19.9. The Kier molecular flexibility index (Phi) is 4.77. The van der Waals surface area contributed by atoms with E-state index in [4.69, 9.17) is 16.3 Å². The first-order valence-corrected chi connectivity index (χ1v) is 10.7. The molecule has 1 atom stereocenters. The molecule has 1 amide bonds. The molecule has 28 heavy (non-hydrogen) atoms. The minimum atomic E-state index is -4.03. The van der Waals surface area contributed by atoms with Gasteiger partial charge in [0.2, 0.25) is 5.91 Å². The molecule has 5 nitrogen and oxygen atoms in total. The van der Waals surface area contributed by atoms with E-state index >= 15 is 0 Å². The van der Waals surface area contributed by atoms with Crippen LogP contribution in [0.1, 0.15) is 23.5 Å². The zero-order valence-electron chi connectivity index (χ0n) is 15.1. The molecule has 0 saturated carbocycles. The van der Waals surface area contributed by atoms with E-state index in [1.807, 2.05) is 18.2 Å². The van der Waals surface area contributed by atoms with Gasteiger partial charge in [-0.3, -0.25) is 4.79 Å². The van der Waals surface area contributed by atoms with E-state index in [0.717, 1.165) is 10.9 Å². The molecule has 1 N–H and O–H groups in total. The molecule has 1 aliphatic rings. The lowest BCUT2D eigenvalue weighted by Crippen LogP contribution is -2.34. The van der Waals surface area contributed by atoms with E-state index in [1.165, 1.54) is 6.07 Å². The maximum absolute atomic E-state index is 12.9. The van der Waals surface area contributed by atoms with E-state index in [0.29, 0.717) is 34.6 Å². The van der Waals surface area contributed by atoms with Gasteiger partial charge in [0.25, 0.3) is 10.0 Å². The number of rotatable bonds is 4. The molecule has 0 aromatic heterocycles. The Hall–Kier alpha value is -2.57. The van der Waals surface area contributed by atoms with Gasteiger partial charge in [-0.1, -0.05) is 48.0 Å². The van der Waals surface area contributed by atoms with Crippen molar-refractivity contribution in [2.75, 3.05) is 7.11 Å². The molecule has 0 spiro atoms. The Morgan fingerprint density at radius 3 is 2.64 bits per heavy atom. The van der Waals surface area contributed by atoms with E-state index in [2.05, 4.69) is 4.72 Å². The average Bonchev–Trinajstić information content (AvgIpc) is 3.14. The molecule has 7 heteroatoms. The highest BCUT2D eigenvalue weighted by molar-refractivity contribution is 7.90. The lowest BCUT2D eigenvalue weighted by Gasteiger charge is -2.15. The first kappa shape index (κ1) is 18.8. The predicted octanol–water partition coefficient (Wildman–Crippen LogP) is 4.04. The van der Waals surface area contributed by atoms with Gasteiger partial charge in [0, 0.05) is 10.4 Å². The minimum Gasteiger partial charge on any atom is -0.496 e. The number of hydrogen-bond acceptors (Lipinski definition) is 4. The quantitative estimate of drug-likeness (QED) is 0.698. The van der Waals surface area contributed by atoms with Gasteiger partial charge >= 0.3 is 0 Å². The van der Waals surface area contributed by atoms with Crippen molar-refractivity contribution < 1.29 is 17.9 Å². The Morgan fingerprint density at radius 2 is 1.86 bits per heavy atom. The maximum atomic E-state index is 12.9. The van der Waals surface area contributed by atoms with Crippen LogP contribution >= 0.6 is 11.6 Å². The Morgan fingerprint density at radius 1 is 1.11 bits per heavy atom. The second-order valence-electron chi connectivity index (χ2n) is 6.68. The molecule has 0 heterocycles. The second kappa shape index (κ2) is 7.11. The van der Waals surface area contributed by atoms with Gasteiger partial charge in [0.15, 0.2) is 0 Å². The molecule has 0 aliphatic heterocycles. The van der Waals surface area contributed by atoms with Crippen LogP contribution in [0.3, 0.4) is 0 Å². The summed E-state index contributed by atoms with van der Waals surface area (Å²) in [7, 11) is -2.47. The van der Waals surface area contributed by atoms with Gasteiger partial charge in [-0.2, -0.15) is 0 Å².